The lowest BCUT2D eigenvalue weighted by atomic mass is 10.0. The Bertz CT molecular complexity index is 1070. The maximum absolute atomic E-state index is 13.6. The summed E-state index contributed by atoms with van der Waals surface area (Å²) in [6.45, 7) is 11.2. The number of carbonyl (C=O) groups is 1. The Balaban J connectivity index is 1.62. The third kappa shape index (κ3) is 4.27. The molecule has 6 nitrogen and oxygen atoms in total. The number of amides is 1. The lowest BCUT2D eigenvalue weighted by molar-refractivity contribution is 0.0769. The van der Waals surface area contributed by atoms with E-state index in [2.05, 4.69) is 37.7 Å². The molecule has 1 saturated heterocycles. The topological polar surface area (TPSA) is 54.3 Å². The molecular weight excluding hydrogens is 393 g/mol. The van der Waals surface area contributed by atoms with Gasteiger partial charge in [-0.25, -0.2) is 14.1 Å². The van der Waals surface area contributed by atoms with E-state index in [0.29, 0.717) is 25.2 Å². The van der Waals surface area contributed by atoms with Gasteiger partial charge in [0, 0.05) is 43.6 Å². The summed E-state index contributed by atoms with van der Waals surface area (Å²) in [6.07, 6.45) is 2.63. The van der Waals surface area contributed by atoms with E-state index in [4.69, 9.17) is 4.98 Å². The third-order valence-corrected chi connectivity index (χ3v) is 5.87. The Morgan fingerprint density at radius 2 is 1.77 bits per heavy atom. The lowest BCUT2D eigenvalue weighted by Gasteiger charge is -2.24. The van der Waals surface area contributed by atoms with E-state index >= 15 is 0 Å². The summed E-state index contributed by atoms with van der Waals surface area (Å²) in [6, 6.07) is 8.67. The number of anilines is 1. The van der Waals surface area contributed by atoms with Crippen LogP contribution in [0.25, 0.3) is 11.0 Å². The summed E-state index contributed by atoms with van der Waals surface area (Å²) in [4.78, 5) is 22.6. The molecule has 0 saturated carbocycles. The zero-order valence-corrected chi connectivity index (χ0v) is 18.7. The molecule has 0 bridgehead atoms. The Hall–Kier alpha value is -2.96. The van der Waals surface area contributed by atoms with E-state index < -0.39 is 0 Å². The number of halogens is 1. The fraction of sp³-hybridized carbons (Fsp3) is 0.458. The summed E-state index contributed by atoms with van der Waals surface area (Å²) in [5, 5.41) is 5.31. The third-order valence-electron chi connectivity index (χ3n) is 5.87. The SMILES string of the molecule is CC(C)c1cc(C(=O)N2CCCN(c3ccc(F)cc3)CC2)c2cnn(C(C)C)c2n1. The van der Waals surface area contributed by atoms with Crippen LogP contribution in [-0.2, 0) is 0 Å². The Morgan fingerprint density at radius 1 is 1.03 bits per heavy atom. The number of carbonyl (C=O) groups excluding carboxylic acids is 1. The van der Waals surface area contributed by atoms with Crippen molar-refractivity contribution >= 4 is 22.6 Å². The van der Waals surface area contributed by atoms with E-state index in [9.17, 15) is 9.18 Å². The van der Waals surface area contributed by atoms with Crippen molar-refractivity contribution in [3.8, 4) is 0 Å². The fourth-order valence-corrected chi connectivity index (χ4v) is 4.09. The molecule has 1 fully saturated rings. The van der Waals surface area contributed by atoms with Crippen LogP contribution in [0.1, 0.15) is 62.1 Å². The number of nitrogens with zero attached hydrogens (tertiary/aromatic N) is 5. The number of pyridine rings is 1. The molecule has 164 valence electrons. The van der Waals surface area contributed by atoms with Crippen LogP contribution in [0.4, 0.5) is 10.1 Å². The van der Waals surface area contributed by atoms with Gasteiger partial charge in [-0.1, -0.05) is 13.8 Å². The molecule has 4 rings (SSSR count). The van der Waals surface area contributed by atoms with Crippen LogP contribution in [0, 0.1) is 5.82 Å². The van der Waals surface area contributed by atoms with E-state index in [1.165, 1.54) is 12.1 Å². The Labute approximate surface area is 182 Å². The van der Waals surface area contributed by atoms with Crippen molar-refractivity contribution in [1.29, 1.82) is 0 Å². The first-order valence-corrected chi connectivity index (χ1v) is 11.0. The molecule has 1 amide bonds. The van der Waals surface area contributed by atoms with Gasteiger partial charge in [0.1, 0.15) is 5.82 Å². The van der Waals surface area contributed by atoms with E-state index in [1.54, 1.807) is 18.3 Å². The van der Waals surface area contributed by atoms with Crippen molar-refractivity contribution in [3.05, 3.63) is 53.6 Å². The van der Waals surface area contributed by atoms with Gasteiger partial charge in [-0.15, -0.1) is 0 Å². The Kier molecular flexibility index (Phi) is 5.94. The largest absolute Gasteiger partial charge is 0.370 e. The van der Waals surface area contributed by atoms with Crippen molar-refractivity contribution in [2.75, 3.05) is 31.1 Å². The molecule has 7 heteroatoms. The second-order valence-corrected chi connectivity index (χ2v) is 8.78. The van der Waals surface area contributed by atoms with Crippen molar-refractivity contribution in [3.63, 3.8) is 0 Å². The van der Waals surface area contributed by atoms with Gasteiger partial charge in [0.2, 0.25) is 0 Å². The normalized spacial score (nSPS) is 15.2. The summed E-state index contributed by atoms with van der Waals surface area (Å²) in [5.41, 5.74) is 3.34. The van der Waals surface area contributed by atoms with Crippen LogP contribution in [0.3, 0.4) is 0 Å². The molecule has 2 aromatic heterocycles. The van der Waals surface area contributed by atoms with Crippen molar-refractivity contribution in [1.82, 2.24) is 19.7 Å². The predicted octanol–water partition coefficient (Wildman–Crippen LogP) is 4.63. The van der Waals surface area contributed by atoms with E-state index in [0.717, 1.165) is 35.4 Å². The van der Waals surface area contributed by atoms with Crippen molar-refractivity contribution in [2.45, 2.75) is 46.1 Å². The van der Waals surface area contributed by atoms with Gasteiger partial charge in [-0.3, -0.25) is 4.79 Å². The number of rotatable bonds is 4. The molecule has 3 heterocycles. The molecule has 0 spiro atoms. The second-order valence-electron chi connectivity index (χ2n) is 8.78. The standard InChI is InChI=1S/C24H30FN5O/c1-16(2)22-14-20(21-15-26-30(17(3)4)23(21)27-22)24(31)29-11-5-10-28(12-13-29)19-8-6-18(25)7-9-19/h6-9,14-17H,5,10-13H2,1-4H3. The minimum atomic E-state index is -0.236. The zero-order chi connectivity index (χ0) is 22.1. The van der Waals surface area contributed by atoms with E-state index in [1.807, 2.05) is 15.6 Å². The highest BCUT2D eigenvalue weighted by Gasteiger charge is 2.25. The molecule has 0 aliphatic carbocycles. The van der Waals surface area contributed by atoms with Crippen LogP contribution in [0.2, 0.25) is 0 Å². The van der Waals surface area contributed by atoms with Gasteiger partial charge in [-0.2, -0.15) is 5.10 Å². The van der Waals surface area contributed by atoms with Crippen LogP contribution in [-0.4, -0.2) is 51.8 Å². The van der Waals surface area contributed by atoms with Crippen molar-refractivity contribution in [2.24, 2.45) is 0 Å². The minimum Gasteiger partial charge on any atom is -0.370 e. The smallest absolute Gasteiger partial charge is 0.254 e. The zero-order valence-electron chi connectivity index (χ0n) is 18.7. The number of aromatic nitrogens is 3. The summed E-state index contributed by atoms with van der Waals surface area (Å²) in [7, 11) is 0. The molecule has 0 atom stereocenters. The number of benzene rings is 1. The van der Waals surface area contributed by atoms with Crippen LogP contribution < -0.4 is 4.90 Å². The molecule has 0 N–H and O–H groups in total. The van der Waals surface area contributed by atoms with Crippen LogP contribution in [0.5, 0.6) is 0 Å². The van der Waals surface area contributed by atoms with Gasteiger partial charge in [0.05, 0.1) is 17.1 Å². The number of hydrogen-bond acceptors (Lipinski definition) is 4. The maximum Gasteiger partial charge on any atom is 0.254 e. The summed E-state index contributed by atoms with van der Waals surface area (Å²) < 4.78 is 15.2. The van der Waals surface area contributed by atoms with Crippen molar-refractivity contribution < 1.29 is 9.18 Å². The Morgan fingerprint density at radius 3 is 2.45 bits per heavy atom. The molecule has 3 aromatic rings. The predicted molar refractivity (Wildman–Crippen MR) is 121 cm³/mol. The minimum absolute atomic E-state index is 0.0264. The molecule has 1 aromatic carbocycles. The maximum atomic E-state index is 13.6. The fourth-order valence-electron chi connectivity index (χ4n) is 4.09. The highest BCUT2D eigenvalue weighted by Crippen LogP contribution is 2.26. The molecule has 1 aliphatic rings. The molecule has 0 radical (unpaired) electrons. The van der Waals surface area contributed by atoms with Gasteiger partial charge >= 0.3 is 0 Å². The average molecular weight is 424 g/mol. The summed E-state index contributed by atoms with van der Waals surface area (Å²) >= 11 is 0. The van der Waals surface area contributed by atoms with Crippen LogP contribution >= 0.6 is 0 Å². The van der Waals surface area contributed by atoms with Gasteiger partial charge in [-0.05, 0) is 56.5 Å². The van der Waals surface area contributed by atoms with Gasteiger partial charge in [0.25, 0.3) is 5.91 Å². The first kappa shape index (κ1) is 21.3. The van der Waals surface area contributed by atoms with E-state index in [-0.39, 0.29) is 23.7 Å². The number of hydrogen-bond donors (Lipinski definition) is 0. The monoisotopic (exact) mass is 423 g/mol. The second kappa shape index (κ2) is 8.65. The van der Waals surface area contributed by atoms with Gasteiger partial charge < -0.3 is 9.80 Å². The highest BCUT2D eigenvalue weighted by molar-refractivity contribution is 6.05. The molecule has 31 heavy (non-hydrogen) atoms. The molecule has 1 aliphatic heterocycles. The molecule has 0 unspecified atom stereocenters. The number of fused-ring (bicyclic) bond motifs is 1. The first-order chi connectivity index (χ1) is 14.8. The van der Waals surface area contributed by atoms with Gasteiger partial charge in [0.15, 0.2) is 5.65 Å². The first-order valence-electron chi connectivity index (χ1n) is 11.0. The summed E-state index contributed by atoms with van der Waals surface area (Å²) in [5.74, 6) is 0.00288. The molecular formula is C24H30FN5O. The van der Waals surface area contributed by atoms with Crippen LogP contribution in [0.15, 0.2) is 36.5 Å². The quantitative estimate of drug-likeness (QED) is 0.614. The lowest BCUT2D eigenvalue weighted by Crippen LogP contribution is -2.35. The average Bonchev–Trinajstić information content (AvgIpc) is 3.03. The highest BCUT2D eigenvalue weighted by atomic mass is 19.1.